The van der Waals surface area contributed by atoms with Gasteiger partial charge in [-0.3, -0.25) is 9.69 Å². The third-order valence-electron chi connectivity index (χ3n) is 7.43. The lowest BCUT2D eigenvalue weighted by Crippen LogP contribution is -2.48. The van der Waals surface area contributed by atoms with Crippen molar-refractivity contribution in [3.8, 4) is 0 Å². The molecule has 2 atom stereocenters. The number of sulfonamides is 1. The van der Waals surface area contributed by atoms with Crippen LogP contribution in [0.3, 0.4) is 0 Å². The lowest BCUT2D eigenvalue weighted by molar-refractivity contribution is -0.158. The van der Waals surface area contributed by atoms with Crippen molar-refractivity contribution in [3.05, 3.63) is 63.9 Å². The summed E-state index contributed by atoms with van der Waals surface area (Å²) in [7, 11) is -4.96. The van der Waals surface area contributed by atoms with Crippen molar-refractivity contribution >= 4 is 27.5 Å². The fourth-order valence-electron chi connectivity index (χ4n) is 5.20. The fraction of sp³-hybridized carbons (Fsp3) is 0.519. The van der Waals surface area contributed by atoms with Crippen LogP contribution in [-0.4, -0.2) is 44.5 Å². The summed E-state index contributed by atoms with van der Waals surface area (Å²) >= 11 is 5.59. The number of nitrogens with one attached hydrogen (secondary N) is 2. The van der Waals surface area contributed by atoms with E-state index in [0.29, 0.717) is 6.42 Å². The largest absolute Gasteiger partial charge is 0.405 e. The Kier molecular flexibility index (Phi) is 9.25. The average Bonchev–Trinajstić information content (AvgIpc) is 2.86. The summed E-state index contributed by atoms with van der Waals surface area (Å²) in [6, 6.07) is 5.77. The van der Waals surface area contributed by atoms with Gasteiger partial charge in [-0.15, -0.1) is 0 Å². The van der Waals surface area contributed by atoms with E-state index in [1.165, 1.54) is 17.6 Å². The third-order valence-corrected chi connectivity index (χ3v) is 9.21. The minimum Gasteiger partial charge on any atom is -0.349 e. The van der Waals surface area contributed by atoms with Gasteiger partial charge in [0.1, 0.15) is 10.9 Å². The van der Waals surface area contributed by atoms with Gasteiger partial charge in [0.15, 0.2) is 5.82 Å². The molecule has 6 nitrogen and oxygen atoms in total. The van der Waals surface area contributed by atoms with Gasteiger partial charge in [0.05, 0.1) is 17.5 Å². The van der Waals surface area contributed by atoms with Crippen molar-refractivity contribution in [2.75, 3.05) is 13.1 Å². The predicted molar refractivity (Wildman–Crippen MR) is 140 cm³/mol. The number of piperidine rings is 1. The maximum atomic E-state index is 14.2. The van der Waals surface area contributed by atoms with Crippen LogP contribution >= 0.6 is 11.6 Å². The van der Waals surface area contributed by atoms with Crippen molar-refractivity contribution in [1.82, 2.24) is 14.9 Å². The number of nitrogens with zero attached hydrogens (tertiary/aromatic N) is 1. The molecular weight excluding hydrogens is 558 g/mol. The number of aryl methyl sites for hydroxylation is 1. The molecule has 2 aromatic rings. The summed E-state index contributed by atoms with van der Waals surface area (Å²) in [6.45, 7) is 5.18. The Morgan fingerprint density at radius 3 is 2.56 bits per heavy atom. The van der Waals surface area contributed by atoms with E-state index < -0.39 is 56.3 Å². The quantitative estimate of drug-likeness (QED) is 0.399. The Morgan fingerprint density at radius 2 is 1.87 bits per heavy atom. The van der Waals surface area contributed by atoms with Gasteiger partial charge in [0, 0.05) is 6.54 Å². The molecule has 4 rings (SSSR count). The molecule has 12 heteroatoms. The molecule has 1 heterocycles. The summed E-state index contributed by atoms with van der Waals surface area (Å²) < 4.78 is 82.0. The highest BCUT2D eigenvalue weighted by Crippen LogP contribution is 2.32. The number of carbonyl (C=O) groups is 1. The van der Waals surface area contributed by atoms with Gasteiger partial charge < -0.3 is 5.32 Å². The first-order valence-electron chi connectivity index (χ1n) is 13.0. The zero-order valence-corrected chi connectivity index (χ0v) is 23.1. The van der Waals surface area contributed by atoms with Crippen LogP contribution in [0.25, 0.3) is 0 Å². The van der Waals surface area contributed by atoms with Crippen LogP contribution in [0.2, 0.25) is 5.02 Å². The van der Waals surface area contributed by atoms with Gasteiger partial charge in [-0.2, -0.15) is 17.9 Å². The number of benzene rings is 2. The van der Waals surface area contributed by atoms with E-state index >= 15 is 0 Å². The molecule has 0 bridgehead atoms. The molecule has 1 saturated heterocycles. The molecule has 1 amide bonds. The van der Waals surface area contributed by atoms with E-state index in [4.69, 9.17) is 11.6 Å². The number of rotatable bonds is 8. The van der Waals surface area contributed by atoms with Crippen molar-refractivity contribution < 1.29 is 30.8 Å². The molecule has 1 aliphatic carbocycles. The minimum atomic E-state index is -5.09. The van der Waals surface area contributed by atoms with Crippen molar-refractivity contribution in [1.29, 1.82) is 0 Å². The number of amides is 1. The summed E-state index contributed by atoms with van der Waals surface area (Å²) in [5, 5.41) is 2.10. The van der Waals surface area contributed by atoms with Crippen LogP contribution in [0.1, 0.15) is 61.8 Å². The van der Waals surface area contributed by atoms with Crippen LogP contribution < -0.4 is 10.0 Å². The first-order chi connectivity index (χ1) is 18.3. The Morgan fingerprint density at radius 1 is 1.15 bits per heavy atom. The van der Waals surface area contributed by atoms with Crippen LogP contribution in [-0.2, 0) is 27.8 Å². The summed E-state index contributed by atoms with van der Waals surface area (Å²) in [6.07, 6.45) is -1.83. The topological polar surface area (TPSA) is 78.5 Å². The molecule has 0 radical (unpaired) electrons. The van der Waals surface area contributed by atoms with Gasteiger partial charge in [0.25, 0.3) is 0 Å². The zero-order chi connectivity index (χ0) is 28.4. The van der Waals surface area contributed by atoms with Gasteiger partial charge in [-0.05, 0) is 79.9 Å². The van der Waals surface area contributed by atoms with E-state index in [1.807, 2.05) is 12.1 Å². The van der Waals surface area contributed by atoms with Crippen molar-refractivity contribution in [2.24, 2.45) is 5.92 Å². The number of fused-ring (bicyclic) bond motifs is 1. The SMILES string of the molecule is CC1CCN(Cc2ccc3c(c2)CCC[C@H]3NC(=O)C[C@@H](NS(=O)(=O)c2cccc(Cl)c2F)C(F)(F)F)CC1. The lowest BCUT2D eigenvalue weighted by atomic mass is 9.86. The second kappa shape index (κ2) is 12.1. The van der Waals surface area contributed by atoms with E-state index in [1.54, 1.807) is 0 Å². The molecule has 2 aromatic carbocycles. The molecule has 0 spiro atoms. The molecular formula is C27H32ClF4N3O3S. The van der Waals surface area contributed by atoms with Crippen molar-refractivity contribution in [2.45, 2.75) is 75.1 Å². The zero-order valence-electron chi connectivity index (χ0n) is 21.5. The van der Waals surface area contributed by atoms with E-state index in [-0.39, 0.29) is 0 Å². The van der Waals surface area contributed by atoms with Gasteiger partial charge in [-0.25, -0.2) is 12.8 Å². The summed E-state index contributed by atoms with van der Waals surface area (Å²) in [5.41, 5.74) is 3.07. The van der Waals surface area contributed by atoms with Crippen LogP contribution in [0.15, 0.2) is 41.3 Å². The van der Waals surface area contributed by atoms with Crippen molar-refractivity contribution in [3.63, 3.8) is 0 Å². The maximum Gasteiger partial charge on any atom is 0.405 e. The Bertz CT molecular complexity index is 1300. The predicted octanol–water partition coefficient (Wildman–Crippen LogP) is 5.50. The molecule has 39 heavy (non-hydrogen) atoms. The number of hydrogen-bond acceptors (Lipinski definition) is 4. The number of halogens is 5. The van der Waals surface area contributed by atoms with E-state index in [9.17, 15) is 30.8 Å². The first kappa shape index (κ1) is 29.8. The number of alkyl halides is 3. The molecule has 214 valence electrons. The molecule has 2 aliphatic rings. The second-order valence-corrected chi connectivity index (χ2v) is 12.6. The molecule has 0 unspecified atom stereocenters. The highest BCUT2D eigenvalue weighted by atomic mass is 35.5. The van der Waals surface area contributed by atoms with E-state index in [0.717, 1.165) is 73.3 Å². The Labute approximate surface area is 231 Å². The summed E-state index contributed by atoms with van der Waals surface area (Å²) in [4.78, 5) is 14.1. The second-order valence-electron chi connectivity index (χ2n) is 10.5. The molecule has 2 N–H and O–H groups in total. The highest BCUT2D eigenvalue weighted by molar-refractivity contribution is 7.89. The smallest absolute Gasteiger partial charge is 0.349 e. The molecule has 0 saturated carbocycles. The van der Waals surface area contributed by atoms with Gasteiger partial charge >= 0.3 is 6.18 Å². The molecule has 0 aromatic heterocycles. The Balaban J connectivity index is 1.43. The van der Waals surface area contributed by atoms with Crippen LogP contribution in [0.4, 0.5) is 17.6 Å². The van der Waals surface area contributed by atoms with Crippen LogP contribution in [0, 0.1) is 11.7 Å². The molecule has 1 aliphatic heterocycles. The Hall–Kier alpha value is -2.21. The van der Waals surface area contributed by atoms with E-state index in [2.05, 4.69) is 23.2 Å². The minimum absolute atomic E-state index is 0.484. The average molecular weight is 590 g/mol. The maximum absolute atomic E-state index is 14.2. The number of hydrogen-bond donors (Lipinski definition) is 2. The highest BCUT2D eigenvalue weighted by Gasteiger charge is 2.44. The van der Waals surface area contributed by atoms with Crippen LogP contribution in [0.5, 0.6) is 0 Å². The fourth-order valence-corrected chi connectivity index (χ4v) is 6.75. The summed E-state index contributed by atoms with van der Waals surface area (Å²) in [5.74, 6) is -1.60. The lowest BCUT2D eigenvalue weighted by Gasteiger charge is -2.31. The first-order valence-corrected chi connectivity index (χ1v) is 14.9. The molecule has 1 fully saturated rings. The third kappa shape index (κ3) is 7.50. The number of carbonyl (C=O) groups excluding carboxylic acids is 1. The normalized spacial score (nSPS) is 19.9. The van der Waals surface area contributed by atoms with Gasteiger partial charge in [0.2, 0.25) is 15.9 Å². The number of likely N-dealkylation sites (tertiary alicyclic amines) is 1. The standard InChI is InChI=1S/C27H32ClF4N3O3S/c1-17-10-12-35(13-11-17)16-18-8-9-20-19(14-18)4-2-6-22(20)33-25(36)15-24(27(30,31)32)34-39(37,38)23-7-3-5-21(28)26(23)29/h3,5,7-9,14,17,22,24,34H,2,4,6,10-13,15-16H2,1H3,(H,33,36)/t22-,24-/m1/s1. The van der Waals surface area contributed by atoms with Gasteiger partial charge in [-0.1, -0.05) is 42.8 Å². The monoisotopic (exact) mass is 589 g/mol.